The van der Waals surface area contributed by atoms with Crippen LogP contribution in [-0.4, -0.2) is 57.4 Å². The van der Waals surface area contributed by atoms with Crippen LogP contribution in [0, 0.1) is 0 Å². The van der Waals surface area contributed by atoms with Crippen LogP contribution >= 0.6 is 0 Å². The summed E-state index contributed by atoms with van der Waals surface area (Å²) in [4.78, 5) is 21.8. The van der Waals surface area contributed by atoms with E-state index in [4.69, 9.17) is 19.9 Å². The summed E-state index contributed by atoms with van der Waals surface area (Å²) in [5.41, 5.74) is 6.85. The van der Waals surface area contributed by atoms with E-state index >= 15 is 0 Å². The van der Waals surface area contributed by atoms with Crippen molar-refractivity contribution in [3.63, 3.8) is 0 Å². The summed E-state index contributed by atoms with van der Waals surface area (Å²) in [6, 6.07) is 3.64. The second-order valence-corrected chi connectivity index (χ2v) is 5.31. The van der Waals surface area contributed by atoms with E-state index in [1.54, 1.807) is 26.2 Å². The molecule has 0 unspecified atom stereocenters. The van der Waals surface area contributed by atoms with Crippen LogP contribution in [0.25, 0.3) is 0 Å². The number of ether oxygens (including phenoxy) is 3. The number of guanidine groups is 1. The number of hydrogen-bond acceptors (Lipinski definition) is 5. The Morgan fingerprint density at radius 3 is 2.32 bits per heavy atom. The van der Waals surface area contributed by atoms with Gasteiger partial charge in [0.25, 0.3) is 0 Å². The molecule has 0 atom stereocenters. The molecule has 2 N–H and O–H groups in total. The lowest BCUT2D eigenvalue weighted by molar-refractivity contribution is -0.114. The van der Waals surface area contributed by atoms with E-state index in [-0.39, 0.29) is 18.3 Å². The van der Waals surface area contributed by atoms with Gasteiger partial charge in [0, 0.05) is 13.6 Å². The maximum Gasteiger partial charge on any atom is 0.217 e. The fraction of sp³-hybridized carbons (Fsp3) is 0.353. The SMILES string of the molecule is C=C1C(=O)CN(Cc2cc(OC)c(OC)c(OC)c2)C1=NC(N)=NC. The predicted octanol–water partition coefficient (Wildman–Crippen LogP) is 0.996. The molecule has 0 aromatic heterocycles. The van der Waals surface area contributed by atoms with Gasteiger partial charge in [-0.15, -0.1) is 0 Å². The zero-order valence-corrected chi connectivity index (χ0v) is 14.8. The van der Waals surface area contributed by atoms with E-state index in [1.165, 1.54) is 7.05 Å². The molecule has 0 radical (unpaired) electrons. The summed E-state index contributed by atoms with van der Waals surface area (Å²) in [7, 11) is 6.17. The Balaban J connectivity index is 2.39. The molecule has 1 fully saturated rings. The maximum absolute atomic E-state index is 12.0. The van der Waals surface area contributed by atoms with E-state index in [0.29, 0.717) is 35.2 Å². The minimum Gasteiger partial charge on any atom is -0.493 e. The number of ketones is 1. The van der Waals surface area contributed by atoms with E-state index in [1.807, 2.05) is 12.1 Å². The van der Waals surface area contributed by atoms with Gasteiger partial charge in [-0.05, 0) is 17.7 Å². The highest BCUT2D eigenvalue weighted by atomic mass is 16.5. The van der Waals surface area contributed by atoms with E-state index < -0.39 is 0 Å². The van der Waals surface area contributed by atoms with Crippen LogP contribution in [0.5, 0.6) is 17.2 Å². The Bertz CT molecular complexity index is 730. The van der Waals surface area contributed by atoms with Gasteiger partial charge in [-0.1, -0.05) is 6.58 Å². The van der Waals surface area contributed by atoms with Crippen molar-refractivity contribution in [3.05, 3.63) is 29.8 Å². The standard InChI is InChI=1S/C17H22N4O4/c1-10-12(22)9-21(16(10)20-17(18)19-2)8-11-6-13(23-3)15(25-5)14(7-11)24-4/h6-7H,1,8-9H2,2-5H3,(H2,18,19). The molecule has 0 bridgehead atoms. The number of benzene rings is 1. The number of nitrogens with zero attached hydrogens (tertiary/aromatic N) is 3. The second-order valence-electron chi connectivity index (χ2n) is 5.31. The topological polar surface area (TPSA) is 98.7 Å². The van der Waals surface area contributed by atoms with Crippen molar-refractivity contribution >= 4 is 17.6 Å². The molecular formula is C17H22N4O4. The Kier molecular flexibility index (Phi) is 5.63. The van der Waals surface area contributed by atoms with Crippen molar-refractivity contribution in [2.45, 2.75) is 6.54 Å². The van der Waals surface area contributed by atoms with Crippen molar-refractivity contribution < 1.29 is 19.0 Å². The first-order chi connectivity index (χ1) is 11.9. The Hall–Kier alpha value is -3.03. The van der Waals surface area contributed by atoms with Crippen molar-refractivity contribution in [2.24, 2.45) is 15.7 Å². The monoisotopic (exact) mass is 346 g/mol. The number of aliphatic imine (C=N–C) groups is 2. The van der Waals surface area contributed by atoms with Crippen LogP contribution in [0.2, 0.25) is 0 Å². The molecule has 8 nitrogen and oxygen atoms in total. The molecule has 8 heteroatoms. The van der Waals surface area contributed by atoms with Gasteiger partial charge < -0.3 is 24.8 Å². The first-order valence-electron chi connectivity index (χ1n) is 7.52. The first-order valence-corrected chi connectivity index (χ1v) is 7.52. The summed E-state index contributed by atoms with van der Waals surface area (Å²) < 4.78 is 16.0. The molecule has 1 heterocycles. The highest BCUT2D eigenvalue weighted by molar-refractivity contribution is 6.28. The van der Waals surface area contributed by atoms with Crippen LogP contribution < -0.4 is 19.9 Å². The summed E-state index contributed by atoms with van der Waals surface area (Å²) in [5.74, 6) is 1.98. The fourth-order valence-electron chi connectivity index (χ4n) is 2.53. The molecule has 134 valence electrons. The molecule has 0 aliphatic carbocycles. The highest BCUT2D eigenvalue weighted by Gasteiger charge is 2.30. The van der Waals surface area contributed by atoms with Crippen LogP contribution in [0.1, 0.15) is 5.56 Å². The van der Waals surface area contributed by atoms with Gasteiger partial charge in [0.15, 0.2) is 17.3 Å². The number of amidine groups is 1. The summed E-state index contributed by atoms with van der Waals surface area (Å²) >= 11 is 0. The van der Waals surface area contributed by atoms with Crippen LogP contribution in [0.3, 0.4) is 0 Å². The van der Waals surface area contributed by atoms with Crippen molar-refractivity contribution in [1.82, 2.24) is 4.90 Å². The lowest BCUT2D eigenvalue weighted by Crippen LogP contribution is -2.27. The Morgan fingerprint density at radius 2 is 1.84 bits per heavy atom. The fourth-order valence-corrected chi connectivity index (χ4v) is 2.53. The molecular weight excluding hydrogens is 324 g/mol. The van der Waals surface area contributed by atoms with Crippen molar-refractivity contribution in [3.8, 4) is 17.2 Å². The minimum absolute atomic E-state index is 0.0840. The number of carbonyl (C=O) groups is 1. The third kappa shape index (κ3) is 3.73. The number of Topliss-reactive ketones (excluding diaryl/α,β-unsaturated/α-hetero) is 1. The number of methoxy groups -OCH3 is 3. The molecule has 1 aliphatic heterocycles. The molecule has 0 spiro atoms. The van der Waals surface area contributed by atoms with E-state index in [9.17, 15) is 4.79 Å². The third-order valence-corrected chi connectivity index (χ3v) is 3.79. The van der Waals surface area contributed by atoms with Gasteiger partial charge in [-0.25, -0.2) is 0 Å². The lowest BCUT2D eigenvalue weighted by atomic mass is 10.1. The zero-order valence-electron chi connectivity index (χ0n) is 14.8. The van der Waals surface area contributed by atoms with E-state index in [0.717, 1.165) is 5.56 Å². The molecule has 1 saturated heterocycles. The Morgan fingerprint density at radius 1 is 1.24 bits per heavy atom. The highest BCUT2D eigenvalue weighted by Crippen LogP contribution is 2.38. The molecule has 0 saturated carbocycles. The quantitative estimate of drug-likeness (QED) is 0.485. The molecule has 25 heavy (non-hydrogen) atoms. The largest absolute Gasteiger partial charge is 0.493 e. The minimum atomic E-state index is -0.102. The average molecular weight is 346 g/mol. The van der Waals surface area contributed by atoms with E-state index in [2.05, 4.69) is 16.6 Å². The molecule has 1 aromatic rings. The molecule has 1 aromatic carbocycles. The predicted molar refractivity (Wildman–Crippen MR) is 95.6 cm³/mol. The molecule has 2 rings (SSSR count). The number of nitrogens with two attached hydrogens (primary N) is 1. The van der Waals surface area contributed by atoms with Gasteiger partial charge >= 0.3 is 0 Å². The maximum atomic E-state index is 12.0. The van der Waals surface area contributed by atoms with Gasteiger partial charge in [0.05, 0.1) is 33.4 Å². The smallest absolute Gasteiger partial charge is 0.217 e. The summed E-state index contributed by atoms with van der Waals surface area (Å²) in [6.07, 6.45) is 0. The normalized spacial score (nSPS) is 16.6. The van der Waals surface area contributed by atoms with Gasteiger partial charge in [-0.3, -0.25) is 9.79 Å². The van der Waals surface area contributed by atoms with Crippen LogP contribution in [-0.2, 0) is 11.3 Å². The van der Waals surface area contributed by atoms with Crippen LogP contribution in [0.4, 0.5) is 0 Å². The van der Waals surface area contributed by atoms with Gasteiger partial charge in [0.2, 0.25) is 11.7 Å². The Labute approximate surface area is 146 Å². The van der Waals surface area contributed by atoms with Crippen LogP contribution in [0.15, 0.2) is 34.3 Å². The van der Waals surface area contributed by atoms with Gasteiger partial charge in [-0.2, -0.15) is 4.99 Å². The van der Waals surface area contributed by atoms with Gasteiger partial charge in [0.1, 0.15) is 5.84 Å². The zero-order chi connectivity index (χ0) is 18.6. The van der Waals surface area contributed by atoms with Crippen molar-refractivity contribution in [2.75, 3.05) is 34.9 Å². The number of rotatable bonds is 5. The lowest BCUT2D eigenvalue weighted by Gasteiger charge is -2.20. The third-order valence-electron chi connectivity index (χ3n) is 3.79. The number of hydrogen-bond donors (Lipinski definition) is 1. The number of likely N-dealkylation sites (tertiary alicyclic amines) is 1. The first kappa shape index (κ1) is 18.3. The summed E-state index contributed by atoms with van der Waals surface area (Å²) in [5, 5.41) is 0. The second kappa shape index (κ2) is 7.69. The van der Waals surface area contributed by atoms with Crippen molar-refractivity contribution in [1.29, 1.82) is 0 Å². The summed E-state index contributed by atoms with van der Waals surface area (Å²) in [6.45, 7) is 4.36. The number of carbonyl (C=O) groups excluding carboxylic acids is 1. The molecule has 1 aliphatic rings. The molecule has 0 amide bonds. The average Bonchev–Trinajstić information content (AvgIpc) is 2.87.